The molecule has 4 aromatic rings. The molecular formula is C36H34ClN3O5S2. The summed E-state index contributed by atoms with van der Waals surface area (Å²) in [7, 11) is 1.35. The maximum absolute atomic E-state index is 13.5. The highest BCUT2D eigenvalue weighted by Crippen LogP contribution is 2.38. The lowest BCUT2D eigenvalue weighted by Gasteiger charge is -2.14. The molecule has 1 aliphatic rings. The monoisotopic (exact) mass is 687 g/mol. The van der Waals surface area contributed by atoms with Crippen LogP contribution in [0.1, 0.15) is 62.9 Å². The molecule has 3 amide bonds. The van der Waals surface area contributed by atoms with Gasteiger partial charge in [-0.1, -0.05) is 54.4 Å². The van der Waals surface area contributed by atoms with Gasteiger partial charge in [0, 0.05) is 26.0 Å². The molecule has 0 radical (unpaired) electrons. The molecule has 1 unspecified atom stereocenters. The van der Waals surface area contributed by atoms with E-state index in [1.807, 2.05) is 6.07 Å². The Morgan fingerprint density at radius 1 is 0.915 bits per heavy atom. The predicted octanol–water partition coefficient (Wildman–Crippen LogP) is 7.99. The number of carbonyl (C=O) groups is 4. The highest BCUT2D eigenvalue weighted by atomic mass is 35.5. The molecule has 1 aromatic heterocycles. The fourth-order valence-electron chi connectivity index (χ4n) is 5.17. The molecule has 3 N–H and O–H groups in total. The van der Waals surface area contributed by atoms with Gasteiger partial charge in [0.25, 0.3) is 11.8 Å². The molecule has 0 spiro atoms. The quantitative estimate of drug-likeness (QED) is 0.0674. The molecule has 1 heterocycles. The molecule has 0 fully saturated rings. The van der Waals surface area contributed by atoms with E-state index in [1.54, 1.807) is 85.8 Å². The van der Waals surface area contributed by atoms with E-state index in [9.17, 15) is 19.2 Å². The van der Waals surface area contributed by atoms with Crippen molar-refractivity contribution in [1.29, 1.82) is 0 Å². The standard InChI is InChI=1S/C36H34ClN3O5S2/c1-22(32(41)40-35-31(36(44)45-2)28-17-7-4-8-18-30(28)47-35)46-27-16-10-15-26(21-27)38-34(43)29(20-23-11-9-14-25(37)19-23)39-33(42)24-12-5-3-6-13-24/h3,5-6,9-16,19-22H,4,7-8,17-18H2,1-2H3,(H,38,43)(H,39,42)(H,40,41)/b29-20-. The van der Waals surface area contributed by atoms with Crippen LogP contribution in [0.25, 0.3) is 6.08 Å². The van der Waals surface area contributed by atoms with Gasteiger partial charge < -0.3 is 20.7 Å². The number of halogens is 1. The van der Waals surface area contributed by atoms with E-state index in [0.717, 1.165) is 47.4 Å². The molecular weight excluding hydrogens is 654 g/mol. The average molecular weight is 688 g/mol. The molecule has 0 saturated carbocycles. The van der Waals surface area contributed by atoms with Crippen molar-refractivity contribution in [3.05, 3.63) is 117 Å². The van der Waals surface area contributed by atoms with Crippen LogP contribution in [0.5, 0.6) is 0 Å². The highest BCUT2D eigenvalue weighted by Gasteiger charge is 2.27. The molecule has 11 heteroatoms. The van der Waals surface area contributed by atoms with E-state index in [2.05, 4.69) is 16.0 Å². The van der Waals surface area contributed by atoms with Gasteiger partial charge in [-0.15, -0.1) is 23.1 Å². The number of rotatable bonds is 10. The minimum Gasteiger partial charge on any atom is -0.465 e. The summed E-state index contributed by atoms with van der Waals surface area (Å²) in [5.41, 5.74) is 3.00. The summed E-state index contributed by atoms with van der Waals surface area (Å²) in [6.45, 7) is 1.78. The summed E-state index contributed by atoms with van der Waals surface area (Å²) in [6, 6.07) is 22.7. The van der Waals surface area contributed by atoms with Crippen molar-refractivity contribution in [2.24, 2.45) is 0 Å². The molecule has 0 aliphatic heterocycles. The van der Waals surface area contributed by atoms with Gasteiger partial charge in [-0.25, -0.2) is 4.79 Å². The van der Waals surface area contributed by atoms with E-state index in [1.165, 1.54) is 30.2 Å². The zero-order valence-corrected chi connectivity index (χ0v) is 28.3. The Hall–Kier alpha value is -4.38. The van der Waals surface area contributed by atoms with Gasteiger partial charge in [-0.3, -0.25) is 14.4 Å². The molecule has 47 heavy (non-hydrogen) atoms. The van der Waals surface area contributed by atoms with Crippen LogP contribution >= 0.6 is 34.7 Å². The molecule has 0 bridgehead atoms. The highest BCUT2D eigenvalue weighted by molar-refractivity contribution is 8.00. The Morgan fingerprint density at radius 3 is 2.45 bits per heavy atom. The fraction of sp³-hybridized carbons (Fsp3) is 0.222. The Kier molecular flexibility index (Phi) is 11.5. The van der Waals surface area contributed by atoms with Crippen molar-refractivity contribution in [3.8, 4) is 0 Å². The zero-order valence-electron chi connectivity index (χ0n) is 25.9. The number of carbonyl (C=O) groups excluding carboxylic acids is 4. The van der Waals surface area contributed by atoms with Crippen LogP contribution in [0.2, 0.25) is 5.02 Å². The smallest absolute Gasteiger partial charge is 0.341 e. The largest absolute Gasteiger partial charge is 0.465 e. The number of methoxy groups -OCH3 is 1. The Balaban J connectivity index is 1.29. The van der Waals surface area contributed by atoms with Crippen LogP contribution in [-0.2, 0) is 27.2 Å². The number of ether oxygens (including phenoxy) is 1. The molecule has 3 aromatic carbocycles. The fourth-order valence-corrected chi connectivity index (χ4v) is 7.58. The van der Waals surface area contributed by atoms with Crippen LogP contribution in [0.15, 0.2) is 89.5 Å². The first-order chi connectivity index (χ1) is 22.7. The maximum atomic E-state index is 13.5. The van der Waals surface area contributed by atoms with Gasteiger partial charge >= 0.3 is 5.97 Å². The van der Waals surface area contributed by atoms with Gasteiger partial charge in [0.05, 0.1) is 17.9 Å². The van der Waals surface area contributed by atoms with E-state index < -0.39 is 23.0 Å². The number of benzene rings is 3. The Bertz CT molecular complexity index is 1820. The lowest BCUT2D eigenvalue weighted by atomic mass is 10.1. The van der Waals surface area contributed by atoms with Gasteiger partial charge in [-0.2, -0.15) is 0 Å². The lowest BCUT2D eigenvalue weighted by Crippen LogP contribution is -2.30. The summed E-state index contributed by atoms with van der Waals surface area (Å²) in [6.07, 6.45) is 6.39. The van der Waals surface area contributed by atoms with Crippen molar-refractivity contribution in [2.75, 3.05) is 17.7 Å². The van der Waals surface area contributed by atoms with Crippen molar-refractivity contribution >= 4 is 75.2 Å². The van der Waals surface area contributed by atoms with Crippen LogP contribution < -0.4 is 16.0 Å². The van der Waals surface area contributed by atoms with Gasteiger partial charge in [0.15, 0.2) is 0 Å². The lowest BCUT2D eigenvalue weighted by molar-refractivity contribution is -0.115. The van der Waals surface area contributed by atoms with E-state index in [-0.39, 0.29) is 11.6 Å². The number of anilines is 2. The molecule has 1 atom stereocenters. The predicted molar refractivity (Wildman–Crippen MR) is 189 cm³/mol. The summed E-state index contributed by atoms with van der Waals surface area (Å²) in [5, 5.41) is 9.06. The van der Waals surface area contributed by atoms with Crippen molar-refractivity contribution in [2.45, 2.75) is 49.2 Å². The van der Waals surface area contributed by atoms with Gasteiger partial charge in [0.2, 0.25) is 5.91 Å². The number of fused-ring (bicyclic) bond motifs is 1. The molecule has 0 saturated heterocycles. The van der Waals surface area contributed by atoms with Crippen LogP contribution in [-0.4, -0.2) is 36.1 Å². The minimum atomic E-state index is -0.532. The second kappa shape index (κ2) is 15.9. The topological polar surface area (TPSA) is 114 Å². The number of nitrogens with one attached hydrogen (secondary N) is 3. The SMILES string of the molecule is COC(=O)c1c(NC(=O)C(C)Sc2cccc(NC(=O)/C(=C/c3cccc(Cl)c3)NC(=O)c3ccccc3)c2)sc2c1CCCCC2. The van der Waals surface area contributed by atoms with E-state index in [4.69, 9.17) is 16.3 Å². The number of esters is 1. The Morgan fingerprint density at radius 2 is 1.68 bits per heavy atom. The molecule has 242 valence electrons. The van der Waals surface area contributed by atoms with Crippen LogP contribution in [0.4, 0.5) is 10.7 Å². The zero-order chi connectivity index (χ0) is 33.3. The average Bonchev–Trinajstić information content (AvgIpc) is 3.23. The normalized spacial score (nSPS) is 13.5. The molecule has 8 nitrogen and oxygen atoms in total. The van der Waals surface area contributed by atoms with Crippen molar-refractivity contribution in [1.82, 2.24) is 5.32 Å². The third-order valence-electron chi connectivity index (χ3n) is 7.51. The number of hydrogen-bond acceptors (Lipinski definition) is 7. The number of aryl methyl sites for hydroxylation is 1. The number of thioether (sulfide) groups is 1. The van der Waals surface area contributed by atoms with Crippen molar-refractivity contribution < 1.29 is 23.9 Å². The third kappa shape index (κ3) is 8.91. The first-order valence-corrected chi connectivity index (χ1v) is 17.2. The number of thiophene rings is 1. The third-order valence-corrected chi connectivity index (χ3v) is 10.0. The molecule has 5 rings (SSSR count). The number of hydrogen-bond donors (Lipinski definition) is 3. The van der Waals surface area contributed by atoms with Crippen molar-refractivity contribution in [3.63, 3.8) is 0 Å². The molecule has 1 aliphatic carbocycles. The Labute approximate surface area is 286 Å². The summed E-state index contributed by atoms with van der Waals surface area (Å²) >= 11 is 8.93. The number of amides is 3. The van der Waals surface area contributed by atoms with E-state index in [0.29, 0.717) is 32.4 Å². The van der Waals surface area contributed by atoms with E-state index >= 15 is 0 Å². The summed E-state index contributed by atoms with van der Waals surface area (Å²) in [4.78, 5) is 54.4. The van der Waals surface area contributed by atoms with Gasteiger partial charge in [-0.05, 0) is 92.3 Å². The summed E-state index contributed by atoms with van der Waals surface area (Å²) in [5.74, 6) is -1.65. The van der Waals surface area contributed by atoms with Gasteiger partial charge in [0.1, 0.15) is 10.7 Å². The summed E-state index contributed by atoms with van der Waals surface area (Å²) < 4.78 is 5.07. The van der Waals surface area contributed by atoms with Crippen LogP contribution in [0.3, 0.4) is 0 Å². The first-order valence-electron chi connectivity index (χ1n) is 15.2. The first kappa shape index (κ1) is 34.0. The second-order valence-electron chi connectivity index (χ2n) is 10.9. The minimum absolute atomic E-state index is 0.0303. The van der Waals surface area contributed by atoms with Crippen LogP contribution in [0, 0.1) is 0 Å². The maximum Gasteiger partial charge on any atom is 0.341 e. The second-order valence-corrected chi connectivity index (χ2v) is 13.9.